The lowest BCUT2D eigenvalue weighted by molar-refractivity contribution is -0.135. The van der Waals surface area contributed by atoms with Crippen LogP contribution in [0.25, 0.3) is 0 Å². The number of anilines is 1. The molecule has 1 saturated heterocycles. The molecule has 0 aliphatic carbocycles. The number of nitrogens with two attached hydrogens (primary N) is 1. The van der Waals surface area contributed by atoms with E-state index in [0.717, 1.165) is 4.90 Å². The molecule has 1 fully saturated rings. The van der Waals surface area contributed by atoms with Crippen LogP contribution >= 0.6 is 0 Å². The van der Waals surface area contributed by atoms with Crippen molar-refractivity contribution in [2.75, 3.05) is 18.8 Å². The summed E-state index contributed by atoms with van der Waals surface area (Å²) in [6.45, 7) is -0.332. The minimum atomic E-state index is -0.522. The first-order chi connectivity index (χ1) is 8.08. The number of rotatable bonds is 1. The molecular weight excluding hydrogens is 224 g/mol. The highest BCUT2D eigenvalue weighted by Gasteiger charge is 2.28. The van der Waals surface area contributed by atoms with E-state index in [2.05, 4.69) is 10.3 Å². The summed E-state index contributed by atoms with van der Waals surface area (Å²) in [6.07, 6.45) is 1.43. The van der Waals surface area contributed by atoms with Crippen LogP contribution in [0.15, 0.2) is 18.3 Å². The van der Waals surface area contributed by atoms with E-state index in [1.165, 1.54) is 12.3 Å². The minimum Gasteiger partial charge on any atom is -0.397 e. The van der Waals surface area contributed by atoms with E-state index >= 15 is 0 Å². The van der Waals surface area contributed by atoms with Gasteiger partial charge in [0.2, 0.25) is 11.8 Å². The molecule has 0 saturated carbocycles. The molecule has 3 N–H and O–H groups in total. The molecule has 0 spiro atoms. The number of amides is 3. The van der Waals surface area contributed by atoms with Crippen LogP contribution in [-0.2, 0) is 9.59 Å². The normalized spacial score (nSPS) is 15.6. The number of carbonyl (C=O) groups is 3. The first-order valence-electron chi connectivity index (χ1n) is 4.90. The Balaban J connectivity index is 2.23. The summed E-state index contributed by atoms with van der Waals surface area (Å²) >= 11 is 0. The van der Waals surface area contributed by atoms with Gasteiger partial charge in [-0.25, -0.2) is 4.98 Å². The van der Waals surface area contributed by atoms with Crippen molar-refractivity contribution in [2.24, 2.45) is 0 Å². The summed E-state index contributed by atoms with van der Waals surface area (Å²) in [5.74, 6) is -1.54. The van der Waals surface area contributed by atoms with Gasteiger partial charge >= 0.3 is 0 Å². The van der Waals surface area contributed by atoms with E-state index in [1.807, 2.05) is 0 Å². The number of nitrogens with one attached hydrogen (secondary N) is 1. The Bertz CT molecular complexity index is 484. The number of nitrogen functional groups attached to an aromatic ring is 1. The third-order valence-electron chi connectivity index (χ3n) is 2.28. The van der Waals surface area contributed by atoms with E-state index < -0.39 is 17.7 Å². The highest BCUT2D eigenvalue weighted by molar-refractivity contribution is 6.06. The maximum atomic E-state index is 12.0. The molecule has 1 aromatic heterocycles. The van der Waals surface area contributed by atoms with Crippen molar-refractivity contribution in [3.8, 4) is 0 Å². The van der Waals surface area contributed by atoms with Crippen LogP contribution in [0.3, 0.4) is 0 Å². The fourth-order valence-corrected chi connectivity index (χ4v) is 1.53. The minimum absolute atomic E-state index is 0.0509. The van der Waals surface area contributed by atoms with Crippen LogP contribution in [0, 0.1) is 0 Å². The lowest BCUT2D eigenvalue weighted by Crippen LogP contribution is -2.53. The first-order valence-corrected chi connectivity index (χ1v) is 4.90. The molecule has 1 aliphatic heterocycles. The van der Waals surface area contributed by atoms with Gasteiger partial charge in [0.05, 0.1) is 5.69 Å². The number of hydrogen-bond donors (Lipinski definition) is 2. The summed E-state index contributed by atoms with van der Waals surface area (Å²) in [6, 6.07) is 3.13. The maximum absolute atomic E-state index is 12.0. The van der Waals surface area contributed by atoms with Crippen LogP contribution in [0.2, 0.25) is 0 Å². The predicted octanol–water partition coefficient (Wildman–Crippen LogP) is -1.24. The Kier molecular flexibility index (Phi) is 2.73. The van der Waals surface area contributed by atoms with Crippen LogP contribution in [0.5, 0.6) is 0 Å². The molecule has 0 bridgehead atoms. The number of hydrogen-bond acceptors (Lipinski definition) is 5. The summed E-state index contributed by atoms with van der Waals surface area (Å²) in [7, 11) is 0. The van der Waals surface area contributed by atoms with Crippen molar-refractivity contribution in [2.45, 2.75) is 0 Å². The molecule has 88 valence electrons. The van der Waals surface area contributed by atoms with Gasteiger partial charge in [-0.1, -0.05) is 0 Å². The van der Waals surface area contributed by atoms with Gasteiger partial charge < -0.3 is 10.6 Å². The monoisotopic (exact) mass is 234 g/mol. The number of carbonyl (C=O) groups excluding carboxylic acids is 3. The van der Waals surface area contributed by atoms with E-state index in [4.69, 9.17) is 5.73 Å². The third kappa shape index (κ3) is 2.22. The largest absolute Gasteiger partial charge is 0.397 e. The highest BCUT2D eigenvalue weighted by atomic mass is 16.2. The van der Waals surface area contributed by atoms with Gasteiger partial charge in [-0.05, 0) is 12.1 Å². The molecule has 2 rings (SSSR count). The zero-order valence-corrected chi connectivity index (χ0v) is 8.84. The van der Waals surface area contributed by atoms with Gasteiger partial charge in [0.25, 0.3) is 5.91 Å². The van der Waals surface area contributed by atoms with Crippen molar-refractivity contribution in [1.82, 2.24) is 15.2 Å². The fraction of sp³-hybridized carbons (Fsp3) is 0.200. The zero-order valence-electron chi connectivity index (χ0n) is 8.84. The topological polar surface area (TPSA) is 105 Å². The molecular formula is C10H10N4O3. The van der Waals surface area contributed by atoms with E-state index in [0.29, 0.717) is 0 Å². The van der Waals surface area contributed by atoms with Gasteiger partial charge in [-0.15, -0.1) is 0 Å². The SMILES string of the molecule is Nc1cccnc1C(=O)N1CC(=O)NC(=O)C1. The average molecular weight is 234 g/mol. The second-order valence-electron chi connectivity index (χ2n) is 3.57. The molecule has 2 heterocycles. The number of piperazine rings is 1. The molecule has 1 aliphatic rings. The smallest absolute Gasteiger partial charge is 0.275 e. The zero-order chi connectivity index (χ0) is 12.4. The predicted molar refractivity (Wildman–Crippen MR) is 57.7 cm³/mol. The van der Waals surface area contributed by atoms with Crippen molar-refractivity contribution in [3.05, 3.63) is 24.0 Å². The van der Waals surface area contributed by atoms with Crippen LogP contribution < -0.4 is 11.1 Å². The van der Waals surface area contributed by atoms with Gasteiger partial charge in [-0.2, -0.15) is 0 Å². The van der Waals surface area contributed by atoms with Gasteiger partial charge in [0, 0.05) is 6.20 Å². The Morgan fingerprint density at radius 1 is 1.35 bits per heavy atom. The second-order valence-corrected chi connectivity index (χ2v) is 3.57. The van der Waals surface area contributed by atoms with Crippen LogP contribution in [0.4, 0.5) is 5.69 Å². The molecule has 0 radical (unpaired) electrons. The fourth-order valence-electron chi connectivity index (χ4n) is 1.53. The van der Waals surface area contributed by atoms with Gasteiger partial charge in [0.1, 0.15) is 13.1 Å². The third-order valence-corrected chi connectivity index (χ3v) is 2.28. The number of imide groups is 1. The standard InChI is InChI=1S/C10H10N4O3/c11-6-2-1-3-12-9(6)10(17)14-4-7(15)13-8(16)5-14/h1-3H,4-5,11H2,(H,13,15,16). The Morgan fingerprint density at radius 2 is 2.00 bits per heavy atom. The first kappa shape index (κ1) is 11.1. The van der Waals surface area contributed by atoms with Crippen LogP contribution in [-0.4, -0.2) is 40.7 Å². The van der Waals surface area contributed by atoms with Crippen molar-refractivity contribution >= 4 is 23.4 Å². The molecule has 7 heteroatoms. The van der Waals surface area contributed by atoms with Gasteiger partial charge in [0.15, 0.2) is 5.69 Å². The lowest BCUT2D eigenvalue weighted by atomic mass is 10.2. The Hall–Kier alpha value is -2.44. The van der Waals surface area contributed by atoms with E-state index in [1.54, 1.807) is 6.07 Å². The molecule has 3 amide bonds. The Labute approximate surface area is 96.6 Å². The van der Waals surface area contributed by atoms with Gasteiger partial charge in [-0.3, -0.25) is 19.7 Å². The molecule has 7 nitrogen and oxygen atoms in total. The number of pyridine rings is 1. The molecule has 0 atom stereocenters. The Morgan fingerprint density at radius 3 is 2.59 bits per heavy atom. The van der Waals surface area contributed by atoms with Crippen molar-refractivity contribution in [3.63, 3.8) is 0 Å². The highest BCUT2D eigenvalue weighted by Crippen LogP contribution is 2.11. The van der Waals surface area contributed by atoms with E-state index in [9.17, 15) is 14.4 Å². The lowest BCUT2D eigenvalue weighted by Gasteiger charge is -2.25. The van der Waals surface area contributed by atoms with E-state index in [-0.39, 0.29) is 24.5 Å². The number of nitrogens with zero attached hydrogens (tertiary/aromatic N) is 2. The molecule has 17 heavy (non-hydrogen) atoms. The number of aromatic nitrogens is 1. The molecule has 0 unspecified atom stereocenters. The van der Waals surface area contributed by atoms with Crippen molar-refractivity contribution in [1.29, 1.82) is 0 Å². The molecule has 1 aromatic rings. The second kappa shape index (κ2) is 4.20. The summed E-state index contributed by atoms with van der Waals surface area (Å²) < 4.78 is 0. The maximum Gasteiger partial charge on any atom is 0.275 e. The van der Waals surface area contributed by atoms with Crippen molar-refractivity contribution < 1.29 is 14.4 Å². The quantitative estimate of drug-likeness (QED) is 0.591. The van der Waals surface area contributed by atoms with Crippen LogP contribution in [0.1, 0.15) is 10.5 Å². The molecule has 0 aromatic carbocycles. The summed E-state index contributed by atoms with van der Waals surface area (Å²) in [4.78, 5) is 39.2. The summed E-state index contributed by atoms with van der Waals surface area (Å²) in [5.41, 5.74) is 5.87. The summed E-state index contributed by atoms with van der Waals surface area (Å²) in [5, 5.41) is 2.11. The average Bonchev–Trinajstić information content (AvgIpc) is 2.27.